The van der Waals surface area contributed by atoms with Crippen LogP contribution in [0.3, 0.4) is 0 Å². The normalized spacial score (nSPS) is 14.9. The highest BCUT2D eigenvalue weighted by molar-refractivity contribution is 6.02. The Hall–Kier alpha value is -3.95. The van der Waals surface area contributed by atoms with Gasteiger partial charge in [0.2, 0.25) is 17.6 Å². The highest BCUT2D eigenvalue weighted by atomic mass is 16.5. The van der Waals surface area contributed by atoms with Crippen molar-refractivity contribution < 1.29 is 33.3 Å². The van der Waals surface area contributed by atoms with E-state index in [1.165, 1.54) is 24.1 Å². The number of aryl methyl sites for hydroxylation is 1. The molecule has 2 aromatic carbocycles. The van der Waals surface area contributed by atoms with Crippen molar-refractivity contribution in [2.45, 2.75) is 34.1 Å². The fourth-order valence-electron chi connectivity index (χ4n) is 3.94. The van der Waals surface area contributed by atoms with Crippen LogP contribution in [0.2, 0.25) is 0 Å². The Morgan fingerprint density at radius 2 is 1.58 bits per heavy atom. The molecular formula is C26H33N3O7. The van der Waals surface area contributed by atoms with E-state index in [4.69, 9.17) is 18.9 Å². The number of benzene rings is 2. The summed E-state index contributed by atoms with van der Waals surface area (Å²) in [4.78, 5) is 39.9. The number of hydrazine groups is 1. The molecule has 194 valence electrons. The fraction of sp³-hybridized carbons (Fsp3) is 0.423. The van der Waals surface area contributed by atoms with Crippen LogP contribution in [-0.2, 0) is 9.59 Å². The summed E-state index contributed by atoms with van der Waals surface area (Å²) in [6, 6.07) is 8.58. The molecular weight excluding hydrogens is 466 g/mol. The van der Waals surface area contributed by atoms with Gasteiger partial charge >= 0.3 is 0 Å². The largest absolute Gasteiger partial charge is 0.495 e. The molecule has 10 nitrogen and oxygen atoms in total. The monoisotopic (exact) mass is 499 g/mol. The lowest BCUT2D eigenvalue weighted by Gasteiger charge is -2.20. The number of hydrogen-bond acceptors (Lipinski definition) is 7. The SMILES string of the molecule is CCOc1cc(C(=O)NNC(=O)[C@H]2CC(=O)N(c3cc(C)ccc3OC)C2)cc(OCC)c1OCC. The maximum Gasteiger partial charge on any atom is 0.269 e. The standard InChI is InChI=1S/C26H33N3O7/c1-6-34-21-12-17(13-22(35-7-2)24(21)36-8-3)25(31)27-28-26(32)18-14-23(30)29(15-18)19-11-16(4)9-10-20(19)33-5/h9-13,18H,6-8,14-15H2,1-5H3,(H,27,31)(H,28,32)/t18-/m0/s1. The highest BCUT2D eigenvalue weighted by Crippen LogP contribution is 2.39. The summed E-state index contributed by atoms with van der Waals surface area (Å²) in [6.07, 6.45) is 0.0187. The van der Waals surface area contributed by atoms with E-state index in [2.05, 4.69) is 10.9 Å². The smallest absolute Gasteiger partial charge is 0.269 e. The van der Waals surface area contributed by atoms with Crippen molar-refractivity contribution in [3.63, 3.8) is 0 Å². The molecule has 0 bridgehead atoms. The van der Waals surface area contributed by atoms with Crippen LogP contribution < -0.4 is 34.7 Å². The van der Waals surface area contributed by atoms with Gasteiger partial charge in [-0.15, -0.1) is 0 Å². The lowest BCUT2D eigenvalue weighted by Crippen LogP contribution is -2.45. The van der Waals surface area contributed by atoms with Gasteiger partial charge in [0.15, 0.2) is 11.5 Å². The molecule has 0 spiro atoms. The number of amides is 3. The molecule has 36 heavy (non-hydrogen) atoms. The number of nitrogens with one attached hydrogen (secondary N) is 2. The van der Waals surface area contributed by atoms with E-state index in [9.17, 15) is 14.4 Å². The first kappa shape index (κ1) is 26.7. The van der Waals surface area contributed by atoms with E-state index in [-0.39, 0.29) is 24.4 Å². The molecule has 1 fully saturated rings. The van der Waals surface area contributed by atoms with Gasteiger partial charge in [0.05, 0.1) is 38.5 Å². The number of carbonyl (C=O) groups is 3. The molecule has 1 saturated heterocycles. The van der Waals surface area contributed by atoms with Crippen LogP contribution in [0, 0.1) is 12.8 Å². The van der Waals surface area contributed by atoms with Crippen molar-refractivity contribution in [3.8, 4) is 23.0 Å². The third-order valence-electron chi connectivity index (χ3n) is 5.59. The van der Waals surface area contributed by atoms with Crippen molar-refractivity contribution in [1.29, 1.82) is 0 Å². The van der Waals surface area contributed by atoms with Crippen molar-refractivity contribution in [2.24, 2.45) is 5.92 Å². The van der Waals surface area contributed by atoms with Crippen LogP contribution in [0.1, 0.15) is 43.1 Å². The minimum atomic E-state index is -0.638. The summed E-state index contributed by atoms with van der Waals surface area (Å²) in [5.41, 5.74) is 6.66. The Kier molecular flexibility index (Phi) is 8.99. The van der Waals surface area contributed by atoms with Crippen molar-refractivity contribution in [2.75, 3.05) is 38.4 Å². The van der Waals surface area contributed by atoms with Crippen molar-refractivity contribution >= 4 is 23.4 Å². The topological polar surface area (TPSA) is 115 Å². The van der Waals surface area contributed by atoms with E-state index >= 15 is 0 Å². The van der Waals surface area contributed by atoms with E-state index in [0.717, 1.165) is 5.56 Å². The number of anilines is 1. The lowest BCUT2D eigenvalue weighted by atomic mass is 10.1. The van der Waals surface area contributed by atoms with E-state index in [1.807, 2.05) is 39.8 Å². The maximum absolute atomic E-state index is 12.8. The molecule has 0 radical (unpaired) electrons. The first-order valence-corrected chi connectivity index (χ1v) is 11.9. The Labute approximate surface area is 210 Å². The third kappa shape index (κ3) is 5.99. The number of hydrogen-bond donors (Lipinski definition) is 2. The van der Waals surface area contributed by atoms with Crippen LogP contribution in [0.15, 0.2) is 30.3 Å². The summed E-state index contributed by atoms with van der Waals surface area (Å²) >= 11 is 0. The zero-order valence-corrected chi connectivity index (χ0v) is 21.3. The Bertz CT molecular complexity index is 1090. The number of carbonyl (C=O) groups excluding carboxylic acids is 3. The zero-order valence-electron chi connectivity index (χ0n) is 21.3. The summed E-state index contributed by atoms with van der Waals surface area (Å²) in [7, 11) is 1.53. The predicted molar refractivity (Wildman–Crippen MR) is 134 cm³/mol. The maximum atomic E-state index is 12.8. The molecule has 3 rings (SSSR count). The molecule has 10 heteroatoms. The first-order valence-electron chi connectivity index (χ1n) is 11.9. The Morgan fingerprint density at radius 1 is 0.944 bits per heavy atom. The summed E-state index contributed by atoms with van der Waals surface area (Å²) in [5.74, 6) is -0.161. The second-order valence-corrected chi connectivity index (χ2v) is 8.12. The van der Waals surface area contributed by atoms with Gasteiger partial charge in [-0.3, -0.25) is 25.2 Å². The fourth-order valence-corrected chi connectivity index (χ4v) is 3.94. The van der Waals surface area contributed by atoms with Crippen LogP contribution in [0.5, 0.6) is 23.0 Å². The van der Waals surface area contributed by atoms with Crippen molar-refractivity contribution in [1.82, 2.24) is 10.9 Å². The molecule has 0 saturated carbocycles. The first-order chi connectivity index (χ1) is 17.3. The van der Waals surface area contributed by atoms with Gasteiger partial charge in [-0.05, 0) is 57.5 Å². The number of methoxy groups -OCH3 is 1. The van der Waals surface area contributed by atoms with Crippen molar-refractivity contribution in [3.05, 3.63) is 41.5 Å². The molecule has 0 aliphatic carbocycles. The summed E-state index contributed by atoms with van der Waals surface area (Å²) < 4.78 is 22.3. The summed E-state index contributed by atoms with van der Waals surface area (Å²) in [5, 5.41) is 0. The quantitative estimate of drug-likeness (QED) is 0.483. The minimum absolute atomic E-state index is 0.0187. The molecule has 3 amide bonds. The van der Waals surface area contributed by atoms with Gasteiger partial charge in [0.25, 0.3) is 5.91 Å². The van der Waals surface area contributed by atoms with Gasteiger partial charge in [-0.25, -0.2) is 0 Å². The van der Waals surface area contributed by atoms with Gasteiger partial charge in [-0.1, -0.05) is 6.07 Å². The lowest BCUT2D eigenvalue weighted by molar-refractivity contribution is -0.126. The van der Waals surface area contributed by atoms with Crippen LogP contribution >= 0.6 is 0 Å². The molecule has 1 aliphatic heterocycles. The second-order valence-electron chi connectivity index (χ2n) is 8.12. The molecule has 0 aromatic heterocycles. The van der Waals surface area contributed by atoms with E-state index in [0.29, 0.717) is 48.5 Å². The number of nitrogens with zero attached hydrogens (tertiary/aromatic N) is 1. The van der Waals surface area contributed by atoms with Gasteiger partial charge < -0.3 is 23.8 Å². The Morgan fingerprint density at radius 3 is 2.17 bits per heavy atom. The number of ether oxygens (including phenoxy) is 4. The zero-order chi connectivity index (χ0) is 26.2. The van der Waals surface area contributed by atoms with Crippen LogP contribution in [0.4, 0.5) is 5.69 Å². The predicted octanol–water partition coefficient (Wildman–Crippen LogP) is 3.01. The molecule has 2 aromatic rings. The second kappa shape index (κ2) is 12.1. The molecule has 2 N–H and O–H groups in total. The van der Waals surface area contributed by atoms with E-state index in [1.54, 1.807) is 6.07 Å². The number of rotatable bonds is 10. The van der Waals surface area contributed by atoms with E-state index < -0.39 is 17.7 Å². The molecule has 1 heterocycles. The van der Waals surface area contributed by atoms with Crippen LogP contribution in [0.25, 0.3) is 0 Å². The highest BCUT2D eigenvalue weighted by Gasteiger charge is 2.36. The Balaban J connectivity index is 1.70. The third-order valence-corrected chi connectivity index (χ3v) is 5.59. The minimum Gasteiger partial charge on any atom is -0.495 e. The molecule has 1 aliphatic rings. The average Bonchev–Trinajstić information content (AvgIpc) is 3.25. The van der Waals surface area contributed by atoms with Gasteiger partial charge in [0, 0.05) is 18.5 Å². The average molecular weight is 500 g/mol. The van der Waals surface area contributed by atoms with Gasteiger partial charge in [0.1, 0.15) is 5.75 Å². The van der Waals surface area contributed by atoms with Gasteiger partial charge in [-0.2, -0.15) is 0 Å². The molecule has 1 atom stereocenters. The molecule has 0 unspecified atom stereocenters. The summed E-state index contributed by atoms with van der Waals surface area (Å²) in [6.45, 7) is 8.70. The van der Waals surface area contributed by atoms with Crippen LogP contribution in [-0.4, -0.2) is 51.2 Å².